The summed E-state index contributed by atoms with van der Waals surface area (Å²) in [4.78, 5) is 12.2. The van der Waals surface area contributed by atoms with Crippen LogP contribution in [0.3, 0.4) is 0 Å². The molecule has 1 amide bonds. The minimum absolute atomic E-state index is 0.140. The molecule has 0 aliphatic rings. The number of carbonyl (C=O) groups is 1. The first-order valence-electron chi connectivity index (χ1n) is 7.98. The van der Waals surface area contributed by atoms with Crippen molar-refractivity contribution in [2.24, 2.45) is 5.92 Å². The zero-order chi connectivity index (χ0) is 17.4. The van der Waals surface area contributed by atoms with E-state index in [1.807, 2.05) is 48.5 Å². The molecule has 0 heterocycles. The van der Waals surface area contributed by atoms with Crippen molar-refractivity contribution in [3.05, 3.63) is 48.5 Å². The Bertz CT molecular complexity index is 671. The van der Waals surface area contributed by atoms with Crippen molar-refractivity contribution in [3.8, 4) is 11.5 Å². The smallest absolute Gasteiger partial charge is 0.243 e. The first-order valence-corrected chi connectivity index (χ1v) is 7.98. The second-order valence-electron chi connectivity index (χ2n) is 5.83. The normalized spacial score (nSPS) is 10.3. The maximum atomic E-state index is 12.2. The van der Waals surface area contributed by atoms with Gasteiger partial charge in [0.15, 0.2) is 0 Å². The Morgan fingerprint density at radius 2 is 1.92 bits per heavy atom. The zero-order valence-electron chi connectivity index (χ0n) is 14.3. The van der Waals surface area contributed by atoms with E-state index in [1.165, 1.54) is 0 Å². The van der Waals surface area contributed by atoms with Crippen LogP contribution in [0.5, 0.6) is 11.5 Å². The van der Waals surface area contributed by atoms with E-state index in [4.69, 9.17) is 9.47 Å². The Morgan fingerprint density at radius 3 is 2.67 bits per heavy atom. The lowest BCUT2D eigenvalue weighted by Gasteiger charge is -2.14. The third-order valence-electron chi connectivity index (χ3n) is 3.26. The van der Waals surface area contributed by atoms with Crippen molar-refractivity contribution >= 4 is 17.3 Å². The van der Waals surface area contributed by atoms with E-state index >= 15 is 0 Å². The Hall–Kier alpha value is -2.69. The van der Waals surface area contributed by atoms with Crippen LogP contribution in [-0.4, -0.2) is 26.2 Å². The summed E-state index contributed by atoms with van der Waals surface area (Å²) >= 11 is 0. The molecule has 5 nitrogen and oxygen atoms in total. The molecule has 0 bridgehead atoms. The van der Waals surface area contributed by atoms with Gasteiger partial charge in [-0.2, -0.15) is 0 Å². The second-order valence-corrected chi connectivity index (χ2v) is 5.83. The minimum Gasteiger partial charge on any atom is -0.497 e. The standard InChI is InChI=1S/C19H24N2O3/c1-14(2)13-24-18-10-5-4-9-17(18)21-19(22)12-20-15-7-6-8-16(11-15)23-3/h4-11,14,20H,12-13H2,1-3H3,(H,21,22). The van der Waals surface area contributed by atoms with E-state index < -0.39 is 0 Å². The van der Waals surface area contributed by atoms with Crippen LogP contribution in [0, 0.1) is 5.92 Å². The fourth-order valence-corrected chi connectivity index (χ4v) is 2.06. The third kappa shape index (κ3) is 5.50. The molecule has 0 aliphatic heterocycles. The Morgan fingerprint density at radius 1 is 1.12 bits per heavy atom. The molecule has 2 rings (SSSR count). The molecular formula is C19H24N2O3. The second kappa shape index (κ2) is 8.82. The number of para-hydroxylation sites is 2. The number of ether oxygens (including phenoxy) is 2. The highest BCUT2D eigenvalue weighted by Gasteiger charge is 2.08. The number of rotatable bonds is 8. The number of amides is 1. The van der Waals surface area contributed by atoms with Crippen LogP contribution < -0.4 is 20.1 Å². The van der Waals surface area contributed by atoms with Gasteiger partial charge in [0, 0.05) is 11.8 Å². The fourth-order valence-electron chi connectivity index (χ4n) is 2.06. The monoisotopic (exact) mass is 328 g/mol. The molecule has 0 spiro atoms. The molecule has 128 valence electrons. The van der Waals surface area contributed by atoms with Crippen LogP contribution in [0.2, 0.25) is 0 Å². The van der Waals surface area contributed by atoms with Gasteiger partial charge in [0.25, 0.3) is 0 Å². The van der Waals surface area contributed by atoms with Gasteiger partial charge >= 0.3 is 0 Å². The molecule has 2 N–H and O–H groups in total. The summed E-state index contributed by atoms with van der Waals surface area (Å²) in [7, 11) is 1.61. The molecule has 0 aromatic heterocycles. The van der Waals surface area contributed by atoms with Crippen molar-refractivity contribution in [3.63, 3.8) is 0 Å². The Kier molecular flexibility index (Phi) is 6.49. The summed E-state index contributed by atoms with van der Waals surface area (Å²) in [6, 6.07) is 14.9. The maximum absolute atomic E-state index is 12.2. The highest BCUT2D eigenvalue weighted by molar-refractivity contribution is 5.95. The summed E-state index contributed by atoms with van der Waals surface area (Å²) in [6.45, 7) is 4.93. The van der Waals surface area contributed by atoms with E-state index in [0.717, 1.165) is 11.4 Å². The molecular weight excluding hydrogens is 304 g/mol. The number of benzene rings is 2. The van der Waals surface area contributed by atoms with Gasteiger partial charge in [0.2, 0.25) is 5.91 Å². The van der Waals surface area contributed by atoms with E-state index in [-0.39, 0.29) is 12.5 Å². The van der Waals surface area contributed by atoms with Gasteiger partial charge in [-0.15, -0.1) is 0 Å². The highest BCUT2D eigenvalue weighted by Crippen LogP contribution is 2.24. The van der Waals surface area contributed by atoms with Gasteiger partial charge in [-0.3, -0.25) is 4.79 Å². The van der Waals surface area contributed by atoms with Gasteiger partial charge in [0.1, 0.15) is 11.5 Å². The zero-order valence-corrected chi connectivity index (χ0v) is 14.3. The summed E-state index contributed by atoms with van der Waals surface area (Å²) in [6.07, 6.45) is 0. The molecule has 5 heteroatoms. The molecule has 0 saturated heterocycles. The van der Waals surface area contributed by atoms with Crippen LogP contribution in [0.4, 0.5) is 11.4 Å². The predicted molar refractivity (Wildman–Crippen MR) is 96.9 cm³/mol. The molecule has 0 fully saturated rings. The van der Waals surface area contributed by atoms with Gasteiger partial charge in [-0.05, 0) is 30.2 Å². The predicted octanol–water partition coefficient (Wildman–Crippen LogP) is 3.78. The van der Waals surface area contributed by atoms with Gasteiger partial charge in [-0.1, -0.05) is 32.0 Å². The number of hydrogen-bond donors (Lipinski definition) is 2. The molecule has 0 aliphatic carbocycles. The molecule has 0 saturated carbocycles. The Balaban J connectivity index is 1.92. The Labute approximate surface area is 143 Å². The molecule has 0 atom stereocenters. The lowest BCUT2D eigenvalue weighted by molar-refractivity contribution is -0.114. The average molecular weight is 328 g/mol. The fraction of sp³-hybridized carbons (Fsp3) is 0.316. The number of nitrogens with one attached hydrogen (secondary N) is 2. The topological polar surface area (TPSA) is 59.6 Å². The lowest BCUT2D eigenvalue weighted by Crippen LogP contribution is -2.22. The van der Waals surface area contributed by atoms with Crippen LogP contribution in [-0.2, 0) is 4.79 Å². The summed E-state index contributed by atoms with van der Waals surface area (Å²) in [5, 5.41) is 5.95. The van der Waals surface area contributed by atoms with Gasteiger partial charge < -0.3 is 20.1 Å². The van der Waals surface area contributed by atoms with Crippen molar-refractivity contribution in [1.29, 1.82) is 0 Å². The van der Waals surface area contributed by atoms with Crippen molar-refractivity contribution in [2.75, 3.05) is 30.9 Å². The largest absolute Gasteiger partial charge is 0.497 e. The molecule has 24 heavy (non-hydrogen) atoms. The highest BCUT2D eigenvalue weighted by atomic mass is 16.5. The van der Waals surface area contributed by atoms with Crippen molar-refractivity contribution in [1.82, 2.24) is 0 Å². The summed E-state index contributed by atoms with van der Waals surface area (Å²) < 4.78 is 10.9. The summed E-state index contributed by atoms with van der Waals surface area (Å²) in [5.74, 6) is 1.70. The minimum atomic E-state index is -0.140. The number of hydrogen-bond acceptors (Lipinski definition) is 4. The molecule has 0 radical (unpaired) electrons. The van der Waals surface area contributed by atoms with E-state index in [9.17, 15) is 4.79 Å². The van der Waals surface area contributed by atoms with E-state index in [1.54, 1.807) is 7.11 Å². The summed E-state index contributed by atoms with van der Waals surface area (Å²) in [5.41, 5.74) is 1.50. The van der Waals surface area contributed by atoms with Crippen LogP contribution in [0.25, 0.3) is 0 Å². The number of methoxy groups -OCH3 is 1. The maximum Gasteiger partial charge on any atom is 0.243 e. The molecule has 2 aromatic rings. The lowest BCUT2D eigenvalue weighted by atomic mass is 10.2. The quantitative estimate of drug-likeness (QED) is 0.774. The van der Waals surface area contributed by atoms with Crippen LogP contribution in [0.15, 0.2) is 48.5 Å². The molecule has 0 unspecified atom stereocenters. The third-order valence-corrected chi connectivity index (χ3v) is 3.26. The number of carbonyl (C=O) groups excluding carboxylic acids is 1. The van der Waals surface area contributed by atoms with E-state index in [0.29, 0.717) is 24.0 Å². The van der Waals surface area contributed by atoms with Crippen molar-refractivity contribution in [2.45, 2.75) is 13.8 Å². The first kappa shape index (κ1) is 17.7. The number of anilines is 2. The first-order chi connectivity index (χ1) is 11.6. The SMILES string of the molecule is COc1cccc(NCC(=O)Nc2ccccc2OCC(C)C)c1. The van der Waals surface area contributed by atoms with Gasteiger partial charge in [0.05, 0.1) is 25.9 Å². The van der Waals surface area contributed by atoms with E-state index in [2.05, 4.69) is 24.5 Å². The average Bonchev–Trinajstić information content (AvgIpc) is 2.59. The van der Waals surface area contributed by atoms with Crippen molar-refractivity contribution < 1.29 is 14.3 Å². The van der Waals surface area contributed by atoms with Gasteiger partial charge in [-0.25, -0.2) is 0 Å². The van der Waals surface area contributed by atoms with Crippen LogP contribution in [0.1, 0.15) is 13.8 Å². The molecule has 2 aromatic carbocycles. The van der Waals surface area contributed by atoms with Crippen LogP contribution >= 0.6 is 0 Å².